The molecule has 0 radical (unpaired) electrons. The second-order valence-electron chi connectivity index (χ2n) is 8.20. The number of nitrogens with zero attached hydrogens (tertiary/aromatic N) is 2. The molecule has 31 heavy (non-hydrogen) atoms. The van der Waals surface area contributed by atoms with Crippen molar-refractivity contribution in [2.75, 3.05) is 31.3 Å². The molecule has 7 heteroatoms. The molecule has 0 spiro atoms. The maximum atomic E-state index is 14.7. The number of hydrogen-bond donors (Lipinski definition) is 1. The van der Waals surface area contributed by atoms with E-state index in [1.165, 1.54) is 6.07 Å². The highest BCUT2D eigenvalue weighted by atomic mass is 79.9. The quantitative estimate of drug-likeness (QED) is 0.626. The summed E-state index contributed by atoms with van der Waals surface area (Å²) in [7, 11) is 0. The number of rotatable bonds is 7. The Balaban J connectivity index is 1.66. The van der Waals surface area contributed by atoms with Gasteiger partial charge in [0.2, 0.25) is 0 Å². The van der Waals surface area contributed by atoms with Crippen molar-refractivity contribution in [3.05, 3.63) is 64.4 Å². The van der Waals surface area contributed by atoms with Crippen molar-refractivity contribution in [2.24, 2.45) is 5.10 Å². The van der Waals surface area contributed by atoms with Crippen molar-refractivity contribution in [2.45, 2.75) is 37.7 Å². The van der Waals surface area contributed by atoms with E-state index in [9.17, 15) is 9.18 Å². The van der Waals surface area contributed by atoms with E-state index in [2.05, 4.69) is 26.3 Å². The zero-order valence-corrected chi connectivity index (χ0v) is 19.2. The van der Waals surface area contributed by atoms with E-state index in [0.717, 1.165) is 49.0 Å². The third-order valence-corrected chi connectivity index (χ3v) is 6.57. The van der Waals surface area contributed by atoms with E-state index in [1.807, 2.05) is 30.3 Å². The smallest absolute Gasteiger partial charge is 0.176 e. The van der Waals surface area contributed by atoms with Gasteiger partial charge in [-0.15, -0.1) is 0 Å². The van der Waals surface area contributed by atoms with E-state index >= 15 is 0 Å². The van der Waals surface area contributed by atoms with Crippen molar-refractivity contribution in [3.8, 4) is 0 Å². The fourth-order valence-electron chi connectivity index (χ4n) is 4.58. The number of halogens is 2. The van der Waals surface area contributed by atoms with Crippen LogP contribution < -0.4 is 10.3 Å². The molecule has 4 rings (SSSR count). The van der Waals surface area contributed by atoms with Crippen LogP contribution >= 0.6 is 15.9 Å². The molecule has 164 valence electrons. The van der Waals surface area contributed by atoms with Crippen LogP contribution in [0.2, 0.25) is 0 Å². The minimum absolute atomic E-state index is 0.0858. The molecule has 0 aliphatic carbocycles. The SMILES string of the molecule is CC(=O)C1=NN(c2cc(Br)ccc2F)CC1(CCCC1CNCCO1)c1ccccc1. The van der Waals surface area contributed by atoms with Gasteiger partial charge in [-0.2, -0.15) is 5.10 Å². The highest BCUT2D eigenvalue weighted by molar-refractivity contribution is 9.10. The summed E-state index contributed by atoms with van der Waals surface area (Å²) in [5.74, 6) is -0.447. The Hall–Kier alpha value is -2.09. The zero-order chi connectivity index (χ0) is 21.8. The largest absolute Gasteiger partial charge is 0.376 e. The summed E-state index contributed by atoms with van der Waals surface area (Å²) in [4.78, 5) is 12.7. The second-order valence-corrected chi connectivity index (χ2v) is 9.11. The topological polar surface area (TPSA) is 53.9 Å². The minimum Gasteiger partial charge on any atom is -0.376 e. The van der Waals surface area contributed by atoms with Crippen LogP contribution in [0.4, 0.5) is 10.1 Å². The molecular weight excluding hydrogens is 461 g/mol. The van der Waals surface area contributed by atoms with Gasteiger partial charge in [-0.1, -0.05) is 46.3 Å². The standard InChI is InChI=1S/C24H27BrFN3O2/c1-17(30)23-24(18-6-3-2-4-7-18,11-5-8-20-15-27-12-13-31-20)16-29(28-23)22-14-19(25)9-10-21(22)26/h2-4,6-7,9-10,14,20,27H,5,8,11-13,15-16H2,1H3. The molecule has 1 saturated heterocycles. The van der Waals surface area contributed by atoms with Crippen molar-refractivity contribution >= 4 is 33.1 Å². The summed E-state index contributed by atoms with van der Waals surface area (Å²) in [6.45, 7) is 4.43. The molecule has 2 aromatic carbocycles. The van der Waals surface area contributed by atoms with Gasteiger partial charge in [0, 0.05) is 24.5 Å². The second kappa shape index (κ2) is 9.59. The summed E-state index contributed by atoms with van der Waals surface area (Å²) in [5.41, 5.74) is 1.29. The van der Waals surface area contributed by atoms with E-state index in [-0.39, 0.29) is 17.7 Å². The summed E-state index contributed by atoms with van der Waals surface area (Å²) in [5, 5.41) is 9.66. The Bertz CT molecular complexity index is 963. The Morgan fingerprint density at radius 2 is 2.13 bits per heavy atom. The van der Waals surface area contributed by atoms with Crippen molar-refractivity contribution in [1.82, 2.24) is 5.32 Å². The molecule has 1 N–H and O–H groups in total. The fraction of sp³-hybridized carbons (Fsp3) is 0.417. The monoisotopic (exact) mass is 487 g/mol. The molecular formula is C24H27BrFN3O2. The lowest BCUT2D eigenvalue weighted by atomic mass is 9.71. The average Bonchev–Trinajstić information content (AvgIpc) is 3.18. The predicted octanol–water partition coefficient (Wildman–Crippen LogP) is 4.45. The van der Waals surface area contributed by atoms with Crippen LogP contribution in [0.1, 0.15) is 31.7 Å². The summed E-state index contributed by atoms with van der Waals surface area (Å²) in [6.07, 6.45) is 2.70. The van der Waals surface area contributed by atoms with Crippen LogP contribution in [0, 0.1) is 5.82 Å². The minimum atomic E-state index is -0.593. The van der Waals surface area contributed by atoms with Crippen LogP contribution in [0.15, 0.2) is 58.1 Å². The van der Waals surface area contributed by atoms with Gasteiger partial charge in [-0.05, 0) is 43.0 Å². The zero-order valence-electron chi connectivity index (χ0n) is 17.6. The van der Waals surface area contributed by atoms with Gasteiger partial charge in [-0.25, -0.2) is 4.39 Å². The van der Waals surface area contributed by atoms with Gasteiger partial charge >= 0.3 is 0 Å². The lowest BCUT2D eigenvalue weighted by molar-refractivity contribution is -0.111. The fourth-order valence-corrected chi connectivity index (χ4v) is 4.92. The van der Waals surface area contributed by atoms with E-state index in [1.54, 1.807) is 24.1 Å². The lowest BCUT2D eigenvalue weighted by Crippen LogP contribution is -2.42. The third-order valence-electron chi connectivity index (χ3n) is 6.07. The van der Waals surface area contributed by atoms with Crippen molar-refractivity contribution in [3.63, 3.8) is 0 Å². The number of ketones is 1. The predicted molar refractivity (Wildman–Crippen MR) is 124 cm³/mol. The molecule has 0 saturated carbocycles. The first-order valence-electron chi connectivity index (χ1n) is 10.7. The number of morpholine rings is 1. The highest BCUT2D eigenvalue weighted by Gasteiger charge is 2.46. The van der Waals surface area contributed by atoms with Crippen LogP contribution in [-0.4, -0.2) is 43.8 Å². The Kier molecular flexibility index (Phi) is 6.84. The first-order valence-corrected chi connectivity index (χ1v) is 11.5. The first kappa shape index (κ1) is 22.1. The summed E-state index contributed by atoms with van der Waals surface area (Å²) in [6, 6.07) is 14.8. The van der Waals surface area contributed by atoms with Gasteiger partial charge in [-0.3, -0.25) is 9.80 Å². The molecule has 2 aromatic rings. The van der Waals surface area contributed by atoms with Crippen molar-refractivity contribution in [1.29, 1.82) is 0 Å². The Morgan fingerprint density at radius 3 is 2.84 bits per heavy atom. The van der Waals surface area contributed by atoms with Gasteiger partial charge in [0.15, 0.2) is 5.78 Å². The van der Waals surface area contributed by atoms with E-state index in [0.29, 0.717) is 17.9 Å². The molecule has 2 unspecified atom stereocenters. The number of anilines is 1. The van der Waals surface area contributed by atoms with Crippen LogP contribution in [0.3, 0.4) is 0 Å². The molecule has 2 aliphatic rings. The number of nitrogens with one attached hydrogen (secondary N) is 1. The number of Topliss-reactive ketones (excluding diaryl/α,β-unsaturated/α-hetero) is 1. The van der Waals surface area contributed by atoms with Crippen LogP contribution in [0.5, 0.6) is 0 Å². The highest BCUT2D eigenvalue weighted by Crippen LogP contribution is 2.40. The average molecular weight is 488 g/mol. The molecule has 0 amide bonds. The van der Waals surface area contributed by atoms with E-state index < -0.39 is 5.41 Å². The first-order chi connectivity index (χ1) is 15.0. The summed E-state index contributed by atoms with van der Waals surface area (Å²) < 4.78 is 21.3. The van der Waals surface area contributed by atoms with E-state index in [4.69, 9.17) is 4.74 Å². The molecule has 0 aromatic heterocycles. The number of hydrazone groups is 1. The summed E-state index contributed by atoms with van der Waals surface area (Å²) >= 11 is 3.42. The third kappa shape index (κ3) is 4.73. The normalized spacial score (nSPS) is 23.6. The van der Waals surface area contributed by atoms with Gasteiger partial charge in [0.05, 0.1) is 30.4 Å². The van der Waals surface area contributed by atoms with Gasteiger partial charge in [0.25, 0.3) is 0 Å². The van der Waals surface area contributed by atoms with Crippen molar-refractivity contribution < 1.29 is 13.9 Å². The number of ether oxygens (including phenoxy) is 1. The number of hydrogen-bond acceptors (Lipinski definition) is 5. The molecule has 2 aliphatic heterocycles. The Labute approximate surface area is 190 Å². The maximum Gasteiger partial charge on any atom is 0.176 e. The number of carbonyl (C=O) groups is 1. The number of benzene rings is 2. The Morgan fingerprint density at radius 1 is 1.32 bits per heavy atom. The molecule has 1 fully saturated rings. The lowest BCUT2D eigenvalue weighted by Gasteiger charge is -2.32. The van der Waals surface area contributed by atoms with Gasteiger partial charge < -0.3 is 10.1 Å². The van der Waals surface area contributed by atoms with Crippen LogP contribution in [-0.2, 0) is 14.9 Å². The molecule has 0 bridgehead atoms. The van der Waals surface area contributed by atoms with Crippen LogP contribution in [0.25, 0.3) is 0 Å². The molecule has 5 nitrogen and oxygen atoms in total. The van der Waals surface area contributed by atoms with Gasteiger partial charge in [0.1, 0.15) is 11.5 Å². The number of carbonyl (C=O) groups excluding carboxylic acids is 1. The molecule has 2 atom stereocenters. The maximum absolute atomic E-state index is 14.7. The molecule has 2 heterocycles.